The number of rotatable bonds is 2. The fraction of sp³-hybridized carbons (Fsp3) is 0.550. The highest BCUT2D eigenvalue weighted by Gasteiger charge is 2.53. The van der Waals surface area contributed by atoms with Crippen molar-refractivity contribution in [3.8, 4) is 0 Å². The van der Waals surface area contributed by atoms with Crippen molar-refractivity contribution in [1.82, 2.24) is 14.7 Å². The molecule has 1 aromatic rings. The van der Waals surface area contributed by atoms with Gasteiger partial charge in [0.15, 0.2) is 0 Å². The zero-order valence-electron chi connectivity index (χ0n) is 16.3. The molecule has 7 nitrogen and oxygen atoms in total. The summed E-state index contributed by atoms with van der Waals surface area (Å²) < 4.78 is 0. The molecule has 3 aliphatic rings. The van der Waals surface area contributed by atoms with Gasteiger partial charge >= 0.3 is 6.03 Å². The number of hydrogen-bond donors (Lipinski definition) is 1. The van der Waals surface area contributed by atoms with E-state index < -0.39 is 0 Å². The lowest BCUT2D eigenvalue weighted by Crippen LogP contribution is -2.57. The summed E-state index contributed by atoms with van der Waals surface area (Å²) in [6, 6.07) is 7.19. The third-order valence-electron chi connectivity index (χ3n) is 5.88. The van der Waals surface area contributed by atoms with E-state index in [2.05, 4.69) is 12.2 Å². The first-order valence-electron chi connectivity index (χ1n) is 9.75. The molecular weight excluding hydrogens is 376 g/mol. The Morgan fingerprint density at radius 3 is 2.61 bits per heavy atom. The van der Waals surface area contributed by atoms with Crippen LogP contribution < -0.4 is 5.32 Å². The number of carbonyl (C=O) groups excluding carboxylic acids is 3. The third-order valence-corrected chi connectivity index (χ3v) is 7.38. The predicted molar refractivity (Wildman–Crippen MR) is 109 cm³/mol. The first kappa shape index (κ1) is 19.1. The predicted octanol–water partition coefficient (Wildman–Crippen LogP) is 2.13. The Labute approximate surface area is 169 Å². The fourth-order valence-corrected chi connectivity index (χ4v) is 5.69. The molecule has 2 unspecified atom stereocenters. The van der Waals surface area contributed by atoms with Crippen LogP contribution in [0, 0.1) is 6.92 Å². The second kappa shape index (κ2) is 7.31. The van der Waals surface area contributed by atoms with E-state index in [-0.39, 0.29) is 28.8 Å². The van der Waals surface area contributed by atoms with Gasteiger partial charge in [0.1, 0.15) is 6.04 Å². The summed E-state index contributed by atoms with van der Waals surface area (Å²) in [5.41, 5.74) is 1.87. The first-order valence-corrected chi connectivity index (χ1v) is 10.7. The molecule has 3 saturated heterocycles. The molecular formula is C20H26N4O3S. The van der Waals surface area contributed by atoms with E-state index in [0.29, 0.717) is 38.4 Å². The van der Waals surface area contributed by atoms with Crippen molar-refractivity contribution in [3.63, 3.8) is 0 Å². The molecule has 1 N–H and O–H groups in total. The maximum Gasteiger partial charge on any atom is 0.321 e. The SMILES string of the molecule is Cc1cccc(NC(=O)N2CCN(C(=O)C3CSC4(C)CCC(=O)N34)CC2)c1. The van der Waals surface area contributed by atoms with Crippen LogP contribution in [-0.4, -0.2) is 75.4 Å². The van der Waals surface area contributed by atoms with Gasteiger partial charge in [-0.1, -0.05) is 12.1 Å². The zero-order valence-corrected chi connectivity index (χ0v) is 17.1. The van der Waals surface area contributed by atoms with Gasteiger partial charge in [-0.3, -0.25) is 9.59 Å². The largest absolute Gasteiger partial charge is 0.337 e. The van der Waals surface area contributed by atoms with E-state index in [4.69, 9.17) is 0 Å². The van der Waals surface area contributed by atoms with Crippen LogP contribution in [0.1, 0.15) is 25.3 Å². The maximum absolute atomic E-state index is 13.0. The first-order chi connectivity index (χ1) is 13.4. The molecule has 0 bridgehead atoms. The monoisotopic (exact) mass is 402 g/mol. The lowest BCUT2D eigenvalue weighted by atomic mass is 10.2. The van der Waals surface area contributed by atoms with Crippen LogP contribution >= 0.6 is 11.8 Å². The smallest absolute Gasteiger partial charge is 0.321 e. The van der Waals surface area contributed by atoms with Crippen LogP contribution in [0.25, 0.3) is 0 Å². The van der Waals surface area contributed by atoms with Crippen molar-refractivity contribution in [2.45, 2.75) is 37.6 Å². The molecule has 8 heteroatoms. The number of nitrogens with one attached hydrogen (secondary N) is 1. The van der Waals surface area contributed by atoms with Crippen molar-refractivity contribution in [2.75, 3.05) is 37.2 Å². The highest BCUT2D eigenvalue weighted by molar-refractivity contribution is 8.01. The quantitative estimate of drug-likeness (QED) is 0.823. The van der Waals surface area contributed by atoms with Crippen LogP contribution in [0.5, 0.6) is 0 Å². The van der Waals surface area contributed by atoms with Crippen molar-refractivity contribution in [3.05, 3.63) is 29.8 Å². The second-order valence-electron chi connectivity index (χ2n) is 7.88. The number of piperazine rings is 1. The number of nitrogens with zero attached hydrogens (tertiary/aromatic N) is 3. The number of thioether (sulfide) groups is 1. The third kappa shape index (κ3) is 3.45. The molecule has 1 aromatic carbocycles. The minimum atomic E-state index is -0.363. The van der Waals surface area contributed by atoms with Crippen molar-refractivity contribution >= 4 is 35.3 Å². The Balaban J connectivity index is 1.33. The van der Waals surface area contributed by atoms with Gasteiger partial charge in [-0.2, -0.15) is 0 Å². The topological polar surface area (TPSA) is 73.0 Å². The number of hydrogen-bond acceptors (Lipinski definition) is 4. The molecule has 150 valence electrons. The maximum atomic E-state index is 13.0. The van der Waals surface area contributed by atoms with Gasteiger partial charge < -0.3 is 20.0 Å². The van der Waals surface area contributed by atoms with Gasteiger partial charge in [0.25, 0.3) is 0 Å². The molecule has 3 heterocycles. The molecule has 3 fully saturated rings. The summed E-state index contributed by atoms with van der Waals surface area (Å²) in [6.45, 7) is 6.03. The molecule has 4 rings (SSSR count). The van der Waals surface area contributed by atoms with Crippen LogP contribution in [0.15, 0.2) is 24.3 Å². The van der Waals surface area contributed by atoms with E-state index in [1.807, 2.05) is 31.2 Å². The summed E-state index contributed by atoms with van der Waals surface area (Å²) >= 11 is 1.71. The summed E-state index contributed by atoms with van der Waals surface area (Å²) in [5.74, 6) is 0.766. The number of aryl methyl sites for hydroxylation is 1. The Hall–Kier alpha value is -2.22. The van der Waals surface area contributed by atoms with Crippen molar-refractivity contribution in [1.29, 1.82) is 0 Å². The van der Waals surface area contributed by atoms with E-state index in [9.17, 15) is 14.4 Å². The second-order valence-corrected chi connectivity index (χ2v) is 9.38. The summed E-state index contributed by atoms with van der Waals surface area (Å²) in [5, 5.41) is 2.92. The highest BCUT2D eigenvalue weighted by atomic mass is 32.2. The van der Waals surface area contributed by atoms with Crippen molar-refractivity contribution < 1.29 is 14.4 Å². The van der Waals surface area contributed by atoms with Crippen LogP contribution in [0.2, 0.25) is 0 Å². The number of urea groups is 1. The molecule has 0 radical (unpaired) electrons. The molecule has 0 saturated carbocycles. The summed E-state index contributed by atoms with van der Waals surface area (Å²) in [4.78, 5) is 42.9. The summed E-state index contributed by atoms with van der Waals surface area (Å²) in [6.07, 6.45) is 1.34. The molecule has 0 aliphatic carbocycles. The molecule has 0 spiro atoms. The number of benzene rings is 1. The van der Waals surface area contributed by atoms with Gasteiger partial charge in [-0.05, 0) is 38.0 Å². The van der Waals surface area contributed by atoms with E-state index in [0.717, 1.165) is 17.7 Å². The molecule has 2 atom stereocenters. The highest BCUT2D eigenvalue weighted by Crippen LogP contribution is 2.47. The Morgan fingerprint density at radius 2 is 1.89 bits per heavy atom. The fourth-order valence-electron chi connectivity index (χ4n) is 4.27. The number of fused-ring (bicyclic) bond motifs is 1. The standard InChI is InChI=1S/C20H26N4O3S/c1-14-4-3-5-15(12-14)21-19(27)23-10-8-22(9-11-23)18(26)16-13-28-20(2)7-6-17(25)24(16)20/h3-5,12,16H,6-11,13H2,1-2H3,(H,21,27). The number of amides is 4. The molecule has 28 heavy (non-hydrogen) atoms. The van der Waals surface area contributed by atoms with Crippen molar-refractivity contribution in [2.24, 2.45) is 0 Å². The number of carbonyl (C=O) groups is 3. The average Bonchev–Trinajstić information content (AvgIpc) is 3.17. The van der Waals surface area contributed by atoms with E-state index >= 15 is 0 Å². The van der Waals surface area contributed by atoms with Gasteiger partial charge in [0, 0.05) is 44.0 Å². The van der Waals surface area contributed by atoms with E-state index in [1.165, 1.54) is 0 Å². The lowest BCUT2D eigenvalue weighted by molar-refractivity contribution is -0.144. The Morgan fingerprint density at radius 1 is 1.18 bits per heavy atom. The Kier molecular flexibility index (Phi) is 4.99. The van der Waals surface area contributed by atoms with E-state index in [1.54, 1.807) is 26.5 Å². The molecule has 4 amide bonds. The van der Waals surface area contributed by atoms with Gasteiger partial charge in [0.05, 0.1) is 4.87 Å². The minimum Gasteiger partial charge on any atom is -0.337 e. The van der Waals surface area contributed by atoms with Crippen LogP contribution in [0.4, 0.5) is 10.5 Å². The normalized spacial score (nSPS) is 27.1. The Bertz CT molecular complexity index is 808. The zero-order chi connectivity index (χ0) is 19.9. The van der Waals surface area contributed by atoms with Crippen LogP contribution in [0.3, 0.4) is 0 Å². The van der Waals surface area contributed by atoms with Gasteiger partial charge in [0.2, 0.25) is 11.8 Å². The minimum absolute atomic E-state index is 0.0187. The number of anilines is 1. The molecule has 3 aliphatic heterocycles. The molecule has 0 aromatic heterocycles. The summed E-state index contributed by atoms with van der Waals surface area (Å²) in [7, 11) is 0. The van der Waals surface area contributed by atoms with Gasteiger partial charge in [-0.25, -0.2) is 4.79 Å². The van der Waals surface area contributed by atoms with Gasteiger partial charge in [-0.15, -0.1) is 11.8 Å². The average molecular weight is 403 g/mol. The lowest BCUT2D eigenvalue weighted by Gasteiger charge is -2.38. The van der Waals surface area contributed by atoms with Crippen LogP contribution in [-0.2, 0) is 9.59 Å².